The molecule has 1 saturated heterocycles. The largest absolute Gasteiger partial charge is 0.366 e. The second kappa shape index (κ2) is 6.53. The van der Waals surface area contributed by atoms with Gasteiger partial charge in [-0.25, -0.2) is 12.8 Å². The minimum Gasteiger partial charge on any atom is -0.366 e. The van der Waals surface area contributed by atoms with Crippen LogP contribution in [0.2, 0.25) is 0 Å². The monoisotopic (exact) mass is 348 g/mol. The van der Waals surface area contributed by atoms with Crippen molar-refractivity contribution in [1.82, 2.24) is 4.31 Å². The molecule has 128 valence electrons. The first-order chi connectivity index (χ1) is 11.4. The summed E-state index contributed by atoms with van der Waals surface area (Å²) in [5, 5.41) is 0. The van der Waals surface area contributed by atoms with E-state index in [4.69, 9.17) is 0 Å². The molecule has 0 spiro atoms. The summed E-state index contributed by atoms with van der Waals surface area (Å²) in [6.45, 7) is 5.52. The van der Waals surface area contributed by atoms with Gasteiger partial charge < -0.3 is 4.90 Å². The number of anilines is 1. The molecule has 0 unspecified atom stereocenters. The number of hydrogen-bond acceptors (Lipinski definition) is 3. The Labute approximate surface area is 142 Å². The van der Waals surface area contributed by atoms with Gasteiger partial charge in [0.05, 0.1) is 4.90 Å². The number of piperazine rings is 1. The van der Waals surface area contributed by atoms with Gasteiger partial charge in [-0.3, -0.25) is 0 Å². The Kier molecular flexibility index (Phi) is 4.60. The fourth-order valence-electron chi connectivity index (χ4n) is 3.02. The fourth-order valence-corrected chi connectivity index (χ4v) is 4.53. The molecule has 1 aliphatic heterocycles. The van der Waals surface area contributed by atoms with Gasteiger partial charge in [0.15, 0.2) is 0 Å². The maximum absolute atomic E-state index is 13.0. The second-order valence-electron chi connectivity index (χ2n) is 6.19. The average Bonchev–Trinajstić information content (AvgIpc) is 2.56. The van der Waals surface area contributed by atoms with Crippen LogP contribution in [0.3, 0.4) is 0 Å². The van der Waals surface area contributed by atoms with Gasteiger partial charge in [-0.2, -0.15) is 4.31 Å². The van der Waals surface area contributed by atoms with E-state index in [1.165, 1.54) is 34.1 Å². The molecule has 1 fully saturated rings. The molecule has 0 bridgehead atoms. The Morgan fingerprint density at radius 2 is 1.62 bits per heavy atom. The Balaban J connectivity index is 1.77. The van der Waals surface area contributed by atoms with Gasteiger partial charge in [0.2, 0.25) is 10.0 Å². The highest BCUT2D eigenvalue weighted by atomic mass is 32.2. The van der Waals surface area contributed by atoms with E-state index in [-0.39, 0.29) is 10.9 Å². The predicted molar refractivity (Wildman–Crippen MR) is 93.1 cm³/mol. The van der Waals surface area contributed by atoms with Gasteiger partial charge in [-0.1, -0.05) is 17.7 Å². The van der Waals surface area contributed by atoms with Crippen molar-refractivity contribution in [1.29, 1.82) is 0 Å². The lowest BCUT2D eigenvalue weighted by Crippen LogP contribution is -2.53. The summed E-state index contributed by atoms with van der Waals surface area (Å²) in [5.41, 5.74) is 2.30. The number of benzene rings is 2. The molecule has 2 aromatic carbocycles. The predicted octanol–water partition coefficient (Wildman–Crippen LogP) is 3.03. The lowest BCUT2D eigenvalue weighted by atomic mass is 10.1. The van der Waals surface area contributed by atoms with Crippen LogP contribution in [-0.2, 0) is 10.0 Å². The first kappa shape index (κ1) is 16.9. The Bertz CT molecular complexity index is 804. The molecule has 1 atom stereocenters. The third-order valence-corrected chi connectivity index (χ3v) is 6.29. The summed E-state index contributed by atoms with van der Waals surface area (Å²) >= 11 is 0. The van der Waals surface area contributed by atoms with E-state index in [1.54, 1.807) is 0 Å². The minimum atomic E-state index is -3.58. The van der Waals surface area contributed by atoms with Crippen molar-refractivity contribution in [3.05, 3.63) is 59.9 Å². The molecule has 24 heavy (non-hydrogen) atoms. The van der Waals surface area contributed by atoms with E-state index in [1.807, 2.05) is 13.8 Å². The summed E-state index contributed by atoms with van der Waals surface area (Å²) in [6.07, 6.45) is 0. The van der Waals surface area contributed by atoms with E-state index in [0.29, 0.717) is 19.6 Å². The summed E-state index contributed by atoms with van der Waals surface area (Å²) in [4.78, 5) is 2.36. The fraction of sp³-hybridized carbons (Fsp3) is 0.333. The lowest BCUT2D eigenvalue weighted by Gasteiger charge is -2.40. The third kappa shape index (κ3) is 3.30. The summed E-state index contributed by atoms with van der Waals surface area (Å²) in [6, 6.07) is 13.3. The van der Waals surface area contributed by atoms with E-state index in [0.717, 1.165) is 5.69 Å². The van der Waals surface area contributed by atoms with Crippen LogP contribution in [0.5, 0.6) is 0 Å². The molecule has 4 nitrogen and oxygen atoms in total. The number of halogens is 1. The van der Waals surface area contributed by atoms with E-state index in [9.17, 15) is 12.8 Å². The Hall–Kier alpha value is -1.92. The van der Waals surface area contributed by atoms with Crippen molar-refractivity contribution in [2.45, 2.75) is 24.8 Å². The average molecular weight is 348 g/mol. The Morgan fingerprint density at radius 3 is 2.21 bits per heavy atom. The summed E-state index contributed by atoms with van der Waals surface area (Å²) in [5.74, 6) is -0.438. The smallest absolute Gasteiger partial charge is 0.243 e. The van der Waals surface area contributed by atoms with Crippen LogP contribution in [0.15, 0.2) is 53.4 Å². The van der Waals surface area contributed by atoms with Crippen molar-refractivity contribution in [3.8, 4) is 0 Å². The van der Waals surface area contributed by atoms with Crippen LogP contribution in [0.25, 0.3) is 0 Å². The minimum absolute atomic E-state index is 0.0664. The molecule has 1 aliphatic rings. The van der Waals surface area contributed by atoms with Gasteiger partial charge in [-0.15, -0.1) is 0 Å². The Morgan fingerprint density at radius 1 is 1.00 bits per heavy atom. The number of nitrogens with zero attached hydrogens (tertiary/aromatic N) is 2. The molecule has 1 heterocycles. The molecule has 2 aromatic rings. The van der Waals surface area contributed by atoms with Crippen molar-refractivity contribution < 1.29 is 12.8 Å². The molecule has 0 radical (unpaired) electrons. The molecular formula is C18H21FN2O2S. The number of aryl methyl sites for hydroxylation is 1. The lowest BCUT2D eigenvalue weighted by molar-refractivity contribution is 0.342. The van der Waals surface area contributed by atoms with E-state index < -0.39 is 15.8 Å². The van der Waals surface area contributed by atoms with Gasteiger partial charge in [0.1, 0.15) is 5.82 Å². The maximum Gasteiger partial charge on any atom is 0.243 e. The van der Waals surface area contributed by atoms with E-state index in [2.05, 4.69) is 29.2 Å². The van der Waals surface area contributed by atoms with Gasteiger partial charge in [0, 0.05) is 31.4 Å². The van der Waals surface area contributed by atoms with E-state index >= 15 is 0 Å². The topological polar surface area (TPSA) is 40.6 Å². The van der Waals surface area contributed by atoms with Crippen LogP contribution in [0, 0.1) is 12.7 Å². The summed E-state index contributed by atoms with van der Waals surface area (Å²) < 4.78 is 39.9. The molecular weight excluding hydrogens is 327 g/mol. The first-order valence-corrected chi connectivity index (χ1v) is 9.41. The van der Waals surface area contributed by atoms with Crippen molar-refractivity contribution in [2.24, 2.45) is 0 Å². The van der Waals surface area contributed by atoms with Crippen molar-refractivity contribution in [3.63, 3.8) is 0 Å². The van der Waals surface area contributed by atoms with Crippen molar-refractivity contribution >= 4 is 15.7 Å². The van der Waals surface area contributed by atoms with Crippen LogP contribution < -0.4 is 4.90 Å². The number of hydrogen-bond donors (Lipinski definition) is 0. The first-order valence-electron chi connectivity index (χ1n) is 7.97. The molecule has 0 amide bonds. The normalized spacial score (nSPS) is 19.5. The molecule has 0 N–H and O–H groups in total. The van der Waals surface area contributed by atoms with Gasteiger partial charge in [-0.05, 0) is 50.2 Å². The van der Waals surface area contributed by atoms with Crippen molar-refractivity contribution in [2.75, 3.05) is 24.5 Å². The number of rotatable bonds is 3. The molecule has 3 rings (SSSR count). The second-order valence-corrected chi connectivity index (χ2v) is 8.13. The standard InChI is InChI=1S/C18H21FN2O2S/c1-14-3-7-17(8-4-14)21-12-11-20(13-15(21)2)24(22,23)18-9-5-16(19)6-10-18/h3-10,15H,11-13H2,1-2H3/t15-/m1/s1. The third-order valence-electron chi connectivity index (χ3n) is 4.41. The quantitative estimate of drug-likeness (QED) is 0.856. The molecule has 0 saturated carbocycles. The highest BCUT2D eigenvalue weighted by molar-refractivity contribution is 7.89. The summed E-state index contributed by atoms with van der Waals surface area (Å²) in [7, 11) is -3.58. The zero-order chi connectivity index (χ0) is 17.3. The van der Waals surface area contributed by atoms with Gasteiger partial charge in [0.25, 0.3) is 0 Å². The SMILES string of the molecule is Cc1ccc(N2CCN(S(=O)(=O)c3ccc(F)cc3)C[C@H]2C)cc1. The highest BCUT2D eigenvalue weighted by Gasteiger charge is 2.32. The zero-order valence-corrected chi connectivity index (χ0v) is 14.6. The molecule has 6 heteroatoms. The van der Waals surface area contributed by atoms with Crippen LogP contribution in [0.1, 0.15) is 12.5 Å². The zero-order valence-electron chi connectivity index (χ0n) is 13.8. The van der Waals surface area contributed by atoms with Crippen LogP contribution >= 0.6 is 0 Å². The van der Waals surface area contributed by atoms with Crippen LogP contribution in [0.4, 0.5) is 10.1 Å². The molecule has 0 aromatic heterocycles. The van der Waals surface area contributed by atoms with Gasteiger partial charge >= 0.3 is 0 Å². The maximum atomic E-state index is 13.0. The number of sulfonamides is 1. The molecule has 0 aliphatic carbocycles. The van der Waals surface area contributed by atoms with Crippen LogP contribution in [-0.4, -0.2) is 38.4 Å². The highest BCUT2D eigenvalue weighted by Crippen LogP contribution is 2.24.